The molecule has 1 aliphatic carbocycles. The predicted molar refractivity (Wildman–Crippen MR) is 176 cm³/mol. The van der Waals surface area contributed by atoms with E-state index in [0.29, 0.717) is 24.1 Å². The molecule has 5 rings (SSSR count). The maximum Gasteiger partial charge on any atom is 0.410 e. The van der Waals surface area contributed by atoms with E-state index in [4.69, 9.17) is 15.6 Å². The number of alkyl halides is 2. The lowest BCUT2D eigenvalue weighted by Crippen LogP contribution is -2.72. The van der Waals surface area contributed by atoms with Gasteiger partial charge in [-0.3, -0.25) is 20.5 Å². The summed E-state index contributed by atoms with van der Waals surface area (Å²) in [7, 11) is 0. The van der Waals surface area contributed by atoms with Gasteiger partial charge in [0.15, 0.2) is 0 Å². The van der Waals surface area contributed by atoms with Crippen molar-refractivity contribution in [2.24, 2.45) is 11.8 Å². The molecule has 4 fully saturated rings. The SMILES string of the molecule is CC(=N)N(C(=N)C(C)C)[C@H]1C[C@@H]2CC(C)(C1)N2CC[C@H](NC(=O)CCC1CN(C(=O)OC(C)(C)C)CC(F)(F)C1)c1ccccc1. The molecule has 3 aliphatic heterocycles. The summed E-state index contributed by atoms with van der Waals surface area (Å²) < 4.78 is 34.5. The Bertz CT molecular complexity index is 1270. The maximum absolute atomic E-state index is 14.6. The highest BCUT2D eigenvalue weighted by Gasteiger charge is 2.55. The molecule has 2 bridgehead atoms. The van der Waals surface area contributed by atoms with Crippen molar-refractivity contribution in [3.05, 3.63) is 35.9 Å². The lowest BCUT2D eigenvalue weighted by atomic mass is 9.66. The molecular weight excluding hydrogens is 590 g/mol. The van der Waals surface area contributed by atoms with Gasteiger partial charge in [-0.2, -0.15) is 0 Å². The molecule has 1 aromatic carbocycles. The fourth-order valence-corrected chi connectivity index (χ4v) is 7.70. The number of carbonyl (C=O) groups is 2. The van der Waals surface area contributed by atoms with Gasteiger partial charge in [0.25, 0.3) is 5.92 Å². The van der Waals surface area contributed by atoms with Crippen LogP contribution < -0.4 is 5.32 Å². The summed E-state index contributed by atoms with van der Waals surface area (Å²) in [5, 5.41) is 20.2. The lowest BCUT2D eigenvalue weighted by Gasteiger charge is -2.64. The molecule has 256 valence electrons. The quantitative estimate of drug-likeness (QED) is 0.191. The van der Waals surface area contributed by atoms with Crippen LogP contribution in [0.15, 0.2) is 30.3 Å². The van der Waals surface area contributed by atoms with Crippen molar-refractivity contribution in [1.29, 1.82) is 10.8 Å². The molecule has 4 aliphatic rings. The molecule has 0 radical (unpaired) electrons. The summed E-state index contributed by atoms with van der Waals surface area (Å²) in [5.74, 6) is -2.76. The summed E-state index contributed by atoms with van der Waals surface area (Å²) in [6.45, 7) is 13.4. The average molecular weight is 645 g/mol. The standard InChI is InChI=1S/C35H54F2N6O3/c1-23(2)31(39)43(24(3)38)28-17-27-19-34(7,20-28)42(27)16-15-29(26-11-9-8-10-12-26)40-30(44)14-13-25-18-35(36,37)22-41(21-25)32(45)46-33(4,5)6/h8-12,23,25,27-29,38-39H,13-22H2,1-7H3,(H,40,44)/t25?,27-,28+,29+,34?/m1/s1. The zero-order valence-corrected chi connectivity index (χ0v) is 28.7. The van der Waals surface area contributed by atoms with Crippen molar-refractivity contribution in [3.8, 4) is 0 Å². The molecule has 3 saturated heterocycles. The fourth-order valence-electron chi connectivity index (χ4n) is 7.70. The summed E-state index contributed by atoms with van der Waals surface area (Å²) >= 11 is 0. The Morgan fingerprint density at radius 3 is 2.39 bits per heavy atom. The van der Waals surface area contributed by atoms with Crippen molar-refractivity contribution in [3.63, 3.8) is 0 Å². The van der Waals surface area contributed by atoms with Gasteiger partial charge >= 0.3 is 6.09 Å². The highest BCUT2D eigenvalue weighted by molar-refractivity contribution is 5.98. The summed E-state index contributed by atoms with van der Waals surface area (Å²) in [6.07, 6.45) is 2.80. The molecule has 11 heteroatoms. The number of halogens is 2. The first kappa shape index (κ1) is 35.8. The number of likely N-dealkylation sites (tertiary alicyclic amines) is 1. The van der Waals surface area contributed by atoms with Crippen LogP contribution >= 0.6 is 0 Å². The van der Waals surface area contributed by atoms with Gasteiger partial charge in [-0.05, 0) is 78.2 Å². The fraction of sp³-hybridized carbons (Fsp3) is 0.714. The van der Waals surface area contributed by atoms with E-state index in [1.165, 1.54) is 0 Å². The van der Waals surface area contributed by atoms with Gasteiger partial charge in [-0.15, -0.1) is 0 Å². The van der Waals surface area contributed by atoms with Crippen LogP contribution in [0.4, 0.5) is 13.6 Å². The Morgan fingerprint density at radius 1 is 1.13 bits per heavy atom. The third-order valence-corrected chi connectivity index (χ3v) is 9.68. The Hall–Kier alpha value is -3.08. The van der Waals surface area contributed by atoms with Crippen molar-refractivity contribution in [2.75, 3.05) is 19.6 Å². The van der Waals surface area contributed by atoms with E-state index in [0.717, 1.165) is 36.3 Å². The van der Waals surface area contributed by atoms with Crippen molar-refractivity contribution in [2.45, 2.75) is 129 Å². The van der Waals surface area contributed by atoms with Gasteiger partial charge in [-0.1, -0.05) is 44.2 Å². The predicted octanol–water partition coefficient (Wildman–Crippen LogP) is 6.83. The molecular formula is C35H54F2N6O3. The number of amides is 2. The molecule has 46 heavy (non-hydrogen) atoms. The van der Waals surface area contributed by atoms with Gasteiger partial charge in [0.05, 0.1) is 18.4 Å². The first-order chi connectivity index (χ1) is 21.4. The number of hydrogen-bond donors (Lipinski definition) is 3. The Kier molecular flexibility index (Phi) is 10.9. The number of rotatable bonds is 10. The number of fused-ring (bicyclic) bond motifs is 2. The molecule has 9 nitrogen and oxygen atoms in total. The van der Waals surface area contributed by atoms with Gasteiger partial charge in [0.2, 0.25) is 5.91 Å². The van der Waals surface area contributed by atoms with Gasteiger partial charge in [0.1, 0.15) is 11.4 Å². The monoisotopic (exact) mass is 644 g/mol. The first-order valence-electron chi connectivity index (χ1n) is 16.8. The second-order valence-corrected chi connectivity index (χ2v) is 15.3. The zero-order valence-electron chi connectivity index (χ0n) is 28.7. The number of amidine groups is 2. The molecule has 1 saturated carbocycles. The van der Waals surface area contributed by atoms with E-state index in [9.17, 15) is 18.4 Å². The number of nitrogens with one attached hydrogen (secondary N) is 3. The van der Waals surface area contributed by atoms with Crippen molar-refractivity contribution >= 4 is 23.7 Å². The topological polar surface area (TPSA) is 113 Å². The van der Waals surface area contributed by atoms with Gasteiger partial charge in [-0.25, -0.2) is 13.6 Å². The lowest BCUT2D eigenvalue weighted by molar-refractivity contribution is -0.125. The van der Waals surface area contributed by atoms with Crippen LogP contribution in [-0.4, -0.2) is 87.2 Å². The smallest absolute Gasteiger partial charge is 0.410 e. The van der Waals surface area contributed by atoms with E-state index >= 15 is 0 Å². The Balaban J connectivity index is 1.36. The zero-order chi connectivity index (χ0) is 34.0. The summed E-state index contributed by atoms with van der Waals surface area (Å²) in [6, 6.07) is 10.1. The average Bonchev–Trinajstić information content (AvgIpc) is 2.94. The van der Waals surface area contributed by atoms with Crippen LogP contribution in [0.2, 0.25) is 0 Å². The minimum atomic E-state index is -3.03. The molecule has 5 atom stereocenters. The molecule has 2 unspecified atom stereocenters. The van der Waals surface area contributed by atoms with Crippen LogP contribution in [-0.2, 0) is 9.53 Å². The minimum Gasteiger partial charge on any atom is -0.444 e. The van der Waals surface area contributed by atoms with Crippen LogP contribution in [0.1, 0.15) is 105 Å². The molecule has 0 spiro atoms. The van der Waals surface area contributed by atoms with E-state index in [1.54, 1.807) is 27.7 Å². The number of carbonyl (C=O) groups excluding carboxylic acids is 2. The molecule has 3 heterocycles. The Labute approximate surface area is 273 Å². The number of hydrogen-bond acceptors (Lipinski definition) is 6. The number of ether oxygens (including phenoxy) is 1. The van der Waals surface area contributed by atoms with Gasteiger partial charge < -0.3 is 19.9 Å². The summed E-state index contributed by atoms with van der Waals surface area (Å²) in [5.41, 5.74) is 0.189. The number of benzene rings is 1. The van der Waals surface area contributed by atoms with Crippen LogP contribution in [0, 0.1) is 22.7 Å². The highest BCUT2D eigenvalue weighted by Crippen LogP contribution is 2.49. The first-order valence-corrected chi connectivity index (χ1v) is 16.8. The Morgan fingerprint density at radius 2 is 1.80 bits per heavy atom. The highest BCUT2D eigenvalue weighted by atomic mass is 19.3. The number of piperidine rings is 2. The third-order valence-electron chi connectivity index (χ3n) is 9.68. The van der Waals surface area contributed by atoms with Crippen LogP contribution in [0.3, 0.4) is 0 Å². The van der Waals surface area contributed by atoms with Crippen molar-refractivity contribution < 1.29 is 23.1 Å². The normalized spacial score (nSPS) is 26.6. The molecule has 0 aromatic heterocycles. The largest absolute Gasteiger partial charge is 0.444 e. The van der Waals surface area contributed by atoms with Crippen LogP contribution in [0.25, 0.3) is 0 Å². The second-order valence-electron chi connectivity index (χ2n) is 15.3. The number of nitrogens with zero attached hydrogens (tertiary/aromatic N) is 3. The third kappa shape index (κ3) is 8.83. The van der Waals surface area contributed by atoms with Crippen LogP contribution in [0.5, 0.6) is 0 Å². The second kappa shape index (κ2) is 14.0. The molecule has 1 aromatic rings. The van der Waals surface area contributed by atoms with Crippen molar-refractivity contribution in [1.82, 2.24) is 20.0 Å². The summed E-state index contributed by atoms with van der Waals surface area (Å²) in [4.78, 5) is 31.3. The van der Waals surface area contributed by atoms with Gasteiger partial charge in [0, 0.05) is 49.5 Å². The van der Waals surface area contributed by atoms with E-state index in [-0.39, 0.29) is 55.3 Å². The van der Waals surface area contributed by atoms with E-state index in [1.807, 2.05) is 49.1 Å². The minimum absolute atomic E-state index is 0.0317. The van der Waals surface area contributed by atoms with E-state index in [2.05, 4.69) is 17.1 Å². The van der Waals surface area contributed by atoms with E-state index < -0.39 is 30.1 Å². The maximum atomic E-state index is 14.6. The molecule has 3 N–H and O–H groups in total. The molecule has 2 amide bonds.